The van der Waals surface area contributed by atoms with E-state index in [-0.39, 0.29) is 11.3 Å². The molecule has 1 fully saturated rings. The second kappa shape index (κ2) is 7.82. The van der Waals surface area contributed by atoms with Gasteiger partial charge in [-0.1, -0.05) is 57.9 Å². The summed E-state index contributed by atoms with van der Waals surface area (Å²) >= 11 is 0. The molecule has 1 saturated carbocycles. The van der Waals surface area contributed by atoms with E-state index in [0.29, 0.717) is 18.8 Å². The number of amides is 1. The second-order valence-corrected chi connectivity index (χ2v) is 7.96. The molecule has 1 aliphatic carbocycles. The molecule has 0 aromatic heterocycles. The summed E-state index contributed by atoms with van der Waals surface area (Å²) in [4.78, 5) is 23.6. The van der Waals surface area contributed by atoms with Crippen molar-refractivity contribution in [3.63, 3.8) is 0 Å². The molecule has 4 heteroatoms. The quantitative estimate of drug-likeness (QED) is 0.835. The Labute approximate surface area is 144 Å². The summed E-state index contributed by atoms with van der Waals surface area (Å²) < 4.78 is 0. The Morgan fingerprint density at radius 2 is 1.75 bits per heavy atom. The smallest absolute Gasteiger partial charge is 0.326 e. The van der Waals surface area contributed by atoms with Gasteiger partial charge in [-0.25, -0.2) is 4.79 Å². The van der Waals surface area contributed by atoms with Crippen LogP contribution in [0, 0.1) is 5.92 Å². The lowest BCUT2D eigenvalue weighted by Crippen LogP contribution is -2.42. The Kier molecular flexibility index (Phi) is 6.03. The van der Waals surface area contributed by atoms with E-state index < -0.39 is 12.0 Å². The lowest BCUT2D eigenvalue weighted by atomic mass is 9.86. The van der Waals surface area contributed by atoms with Crippen LogP contribution in [0.1, 0.15) is 64.0 Å². The van der Waals surface area contributed by atoms with Gasteiger partial charge in [0, 0.05) is 12.8 Å². The van der Waals surface area contributed by atoms with Crippen molar-refractivity contribution in [2.75, 3.05) is 0 Å². The van der Waals surface area contributed by atoms with E-state index in [2.05, 4.69) is 26.1 Å². The molecule has 0 spiro atoms. The maximum Gasteiger partial charge on any atom is 0.326 e. The first kappa shape index (κ1) is 18.5. The minimum atomic E-state index is -0.977. The summed E-state index contributed by atoms with van der Waals surface area (Å²) in [6, 6.07) is 7.13. The molecule has 2 N–H and O–H groups in total. The van der Waals surface area contributed by atoms with Crippen molar-refractivity contribution >= 4 is 11.9 Å². The number of nitrogens with one attached hydrogen (secondary N) is 1. The highest BCUT2D eigenvalue weighted by Gasteiger charge is 2.24. The summed E-state index contributed by atoms with van der Waals surface area (Å²) in [7, 11) is 0. The molecule has 1 aromatic carbocycles. The van der Waals surface area contributed by atoms with E-state index in [1.165, 1.54) is 18.4 Å². The minimum Gasteiger partial charge on any atom is -0.480 e. The van der Waals surface area contributed by atoms with Gasteiger partial charge in [-0.05, 0) is 35.3 Å². The first-order valence-corrected chi connectivity index (χ1v) is 8.87. The normalized spacial score (nSPS) is 16.8. The van der Waals surface area contributed by atoms with Crippen molar-refractivity contribution < 1.29 is 14.7 Å². The third-order valence-electron chi connectivity index (χ3n) is 4.84. The molecule has 1 aliphatic rings. The Morgan fingerprint density at radius 1 is 1.17 bits per heavy atom. The summed E-state index contributed by atoms with van der Waals surface area (Å²) in [5.41, 5.74) is 2.21. The van der Waals surface area contributed by atoms with Crippen LogP contribution in [-0.4, -0.2) is 23.0 Å². The average Bonchev–Trinajstić information content (AvgIpc) is 2.99. The van der Waals surface area contributed by atoms with Gasteiger partial charge in [0.15, 0.2) is 0 Å². The third-order valence-corrected chi connectivity index (χ3v) is 4.84. The molecule has 132 valence electrons. The standard InChI is InChI=1S/C20H29NO3/c1-20(2,3)16-10-8-15(9-11-16)12-17(19(23)24)21-18(22)13-14-6-4-5-7-14/h8-11,14,17H,4-7,12-13H2,1-3H3,(H,21,22)(H,23,24)/t17-/m0/s1. The van der Waals surface area contributed by atoms with Crippen molar-refractivity contribution in [2.45, 2.75) is 70.8 Å². The predicted molar refractivity (Wildman–Crippen MR) is 95.0 cm³/mol. The molecule has 0 aliphatic heterocycles. The number of hydrogen-bond acceptors (Lipinski definition) is 2. The van der Waals surface area contributed by atoms with Crippen LogP contribution in [0.2, 0.25) is 0 Å². The molecular weight excluding hydrogens is 302 g/mol. The number of carboxylic acids is 1. The minimum absolute atomic E-state index is 0.0697. The number of aliphatic carboxylic acids is 1. The van der Waals surface area contributed by atoms with E-state index >= 15 is 0 Å². The van der Waals surface area contributed by atoms with Crippen molar-refractivity contribution in [1.82, 2.24) is 5.32 Å². The van der Waals surface area contributed by atoms with Gasteiger partial charge in [0.1, 0.15) is 6.04 Å². The van der Waals surface area contributed by atoms with Gasteiger partial charge in [0.05, 0.1) is 0 Å². The van der Waals surface area contributed by atoms with E-state index in [1.54, 1.807) is 0 Å². The van der Waals surface area contributed by atoms with Gasteiger partial charge in [-0.3, -0.25) is 4.79 Å². The average molecular weight is 331 g/mol. The fraction of sp³-hybridized carbons (Fsp3) is 0.600. The van der Waals surface area contributed by atoms with Gasteiger partial charge in [-0.2, -0.15) is 0 Å². The largest absolute Gasteiger partial charge is 0.480 e. The van der Waals surface area contributed by atoms with Crippen molar-refractivity contribution in [3.05, 3.63) is 35.4 Å². The van der Waals surface area contributed by atoms with E-state index in [9.17, 15) is 14.7 Å². The Balaban J connectivity index is 1.95. The van der Waals surface area contributed by atoms with Crippen molar-refractivity contribution in [2.24, 2.45) is 5.92 Å². The lowest BCUT2D eigenvalue weighted by molar-refractivity contribution is -0.141. The fourth-order valence-corrected chi connectivity index (χ4v) is 3.31. The number of carbonyl (C=O) groups excluding carboxylic acids is 1. The van der Waals surface area contributed by atoms with Crippen molar-refractivity contribution in [3.8, 4) is 0 Å². The highest BCUT2D eigenvalue weighted by atomic mass is 16.4. The monoisotopic (exact) mass is 331 g/mol. The summed E-state index contributed by atoms with van der Waals surface area (Å²) in [6.07, 6.45) is 5.29. The zero-order valence-corrected chi connectivity index (χ0v) is 15.0. The molecule has 0 unspecified atom stereocenters. The highest BCUT2D eigenvalue weighted by Crippen LogP contribution is 2.27. The van der Waals surface area contributed by atoms with E-state index in [1.807, 2.05) is 24.3 Å². The van der Waals surface area contributed by atoms with Gasteiger partial charge >= 0.3 is 5.97 Å². The number of carboxylic acid groups (broad SMARTS) is 1. The maximum atomic E-state index is 12.1. The number of carbonyl (C=O) groups is 2. The Hall–Kier alpha value is -1.84. The Bertz CT molecular complexity index is 566. The zero-order chi connectivity index (χ0) is 17.7. The van der Waals surface area contributed by atoms with Gasteiger partial charge in [0.25, 0.3) is 0 Å². The molecule has 1 atom stereocenters. The third kappa shape index (κ3) is 5.36. The molecule has 4 nitrogen and oxygen atoms in total. The van der Waals surface area contributed by atoms with Crippen LogP contribution in [0.5, 0.6) is 0 Å². The van der Waals surface area contributed by atoms with Crippen LogP contribution in [0.25, 0.3) is 0 Å². The molecule has 0 saturated heterocycles. The van der Waals surface area contributed by atoms with E-state index in [0.717, 1.165) is 18.4 Å². The van der Waals surface area contributed by atoms with Gasteiger partial charge in [0.2, 0.25) is 5.91 Å². The maximum absolute atomic E-state index is 12.1. The molecule has 0 radical (unpaired) electrons. The van der Waals surface area contributed by atoms with Gasteiger partial charge in [-0.15, -0.1) is 0 Å². The molecule has 1 amide bonds. The molecule has 1 aromatic rings. The Morgan fingerprint density at radius 3 is 2.25 bits per heavy atom. The van der Waals surface area contributed by atoms with Crippen LogP contribution >= 0.6 is 0 Å². The van der Waals surface area contributed by atoms with Crippen molar-refractivity contribution in [1.29, 1.82) is 0 Å². The summed E-state index contributed by atoms with van der Waals surface area (Å²) in [5, 5.41) is 12.1. The van der Waals surface area contributed by atoms with Crippen LogP contribution in [0.3, 0.4) is 0 Å². The predicted octanol–water partition coefficient (Wildman–Crippen LogP) is 3.68. The fourth-order valence-electron chi connectivity index (χ4n) is 3.31. The van der Waals surface area contributed by atoms with Crippen LogP contribution in [0.15, 0.2) is 24.3 Å². The summed E-state index contributed by atoms with van der Waals surface area (Å²) in [6.45, 7) is 6.43. The molecule has 0 heterocycles. The van der Waals surface area contributed by atoms with Crippen LogP contribution < -0.4 is 5.32 Å². The lowest BCUT2D eigenvalue weighted by Gasteiger charge is -2.20. The van der Waals surface area contributed by atoms with Crippen LogP contribution in [-0.2, 0) is 21.4 Å². The molecular formula is C20H29NO3. The topological polar surface area (TPSA) is 66.4 Å². The number of hydrogen-bond donors (Lipinski definition) is 2. The molecule has 0 bridgehead atoms. The highest BCUT2D eigenvalue weighted by molar-refractivity contribution is 5.83. The molecule has 2 rings (SSSR count). The van der Waals surface area contributed by atoms with Crippen LogP contribution in [0.4, 0.5) is 0 Å². The summed E-state index contributed by atoms with van der Waals surface area (Å²) in [5.74, 6) is -0.694. The number of rotatable bonds is 6. The first-order chi connectivity index (χ1) is 11.3. The zero-order valence-electron chi connectivity index (χ0n) is 15.0. The van der Waals surface area contributed by atoms with Gasteiger partial charge < -0.3 is 10.4 Å². The SMILES string of the molecule is CC(C)(C)c1ccc(C[C@H](NC(=O)CC2CCCC2)C(=O)O)cc1. The second-order valence-electron chi connectivity index (χ2n) is 7.96. The van der Waals surface area contributed by atoms with E-state index in [4.69, 9.17) is 0 Å². The molecule has 24 heavy (non-hydrogen) atoms. The first-order valence-electron chi connectivity index (χ1n) is 8.87. The number of benzene rings is 1.